The van der Waals surface area contributed by atoms with Gasteiger partial charge in [0.2, 0.25) is 0 Å². The number of halogens is 3. The van der Waals surface area contributed by atoms with Gasteiger partial charge in [0.15, 0.2) is 17.6 Å². The Morgan fingerprint density at radius 3 is 2.58 bits per heavy atom. The van der Waals surface area contributed by atoms with Gasteiger partial charge in [0.05, 0.1) is 24.4 Å². The molecular weight excluding hydrogens is 362 g/mol. The number of likely N-dealkylation sites (N-methyl/N-ethyl adjacent to an activating group) is 1. The predicted octanol–water partition coefficient (Wildman–Crippen LogP) is 3.06. The van der Waals surface area contributed by atoms with Crippen LogP contribution in [0.4, 0.5) is 14.5 Å². The third kappa shape index (κ3) is 4.93. The fourth-order valence-corrected chi connectivity index (χ4v) is 2.90. The van der Waals surface area contributed by atoms with E-state index in [0.717, 1.165) is 16.5 Å². The van der Waals surface area contributed by atoms with Gasteiger partial charge in [-0.25, -0.2) is 8.78 Å². The highest BCUT2D eigenvalue weighted by molar-refractivity contribution is 6.33. The molecule has 0 heterocycles. The topological polar surface area (TPSA) is 42.8 Å². The van der Waals surface area contributed by atoms with Crippen LogP contribution in [0, 0.1) is 11.6 Å². The third-order valence-electron chi connectivity index (χ3n) is 4.30. The van der Waals surface area contributed by atoms with Crippen LogP contribution < -0.4 is 15.0 Å². The molecule has 26 heavy (non-hydrogen) atoms. The highest BCUT2D eigenvalue weighted by Gasteiger charge is 2.25. The van der Waals surface area contributed by atoms with Crippen molar-refractivity contribution in [1.29, 1.82) is 0 Å². The molecule has 2 rings (SSSR count). The van der Waals surface area contributed by atoms with E-state index in [2.05, 4.69) is 5.32 Å². The van der Waals surface area contributed by atoms with Gasteiger partial charge in [0.25, 0.3) is 5.91 Å². The van der Waals surface area contributed by atoms with Crippen LogP contribution in [0.5, 0.6) is 5.75 Å². The second-order valence-corrected chi connectivity index (χ2v) is 6.40. The minimum absolute atomic E-state index is 0.140. The largest absolute Gasteiger partial charge is 0.494 e. The Morgan fingerprint density at radius 1 is 1.27 bits per heavy atom. The minimum atomic E-state index is -0.469. The van der Waals surface area contributed by atoms with Gasteiger partial charge < -0.3 is 15.0 Å². The first-order valence-electron chi connectivity index (χ1n) is 8.28. The number of hydrogen-bond donors (Lipinski definition) is 2. The van der Waals surface area contributed by atoms with Gasteiger partial charge in [0, 0.05) is 5.56 Å². The number of amides is 1. The smallest absolute Gasteiger partial charge is 0.282 e. The molecule has 2 N–H and O–H groups in total. The molecular formula is C19H22ClF2N2O2+. The number of methoxy groups -OCH3 is 1. The van der Waals surface area contributed by atoms with Crippen molar-refractivity contribution in [2.24, 2.45) is 0 Å². The Bertz CT molecular complexity index is 786. The average Bonchev–Trinajstić information content (AvgIpc) is 2.61. The van der Waals surface area contributed by atoms with E-state index in [1.54, 1.807) is 19.1 Å². The first-order chi connectivity index (χ1) is 12.3. The van der Waals surface area contributed by atoms with Crippen LogP contribution in [0.25, 0.3) is 0 Å². The lowest BCUT2D eigenvalue weighted by molar-refractivity contribution is -0.925. The molecule has 0 radical (unpaired) electrons. The Balaban J connectivity index is 2.08. The van der Waals surface area contributed by atoms with Crippen molar-refractivity contribution in [3.63, 3.8) is 0 Å². The summed E-state index contributed by atoms with van der Waals surface area (Å²) in [6.45, 7) is 4.87. The summed E-state index contributed by atoms with van der Waals surface area (Å²) in [5, 5.41) is 2.85. The molecule has 2 aromatic carbocycles. The molecule has 0 aliphatic rings. The molecule has 0 aliphatic heterocycles. The second kappa shape index (κ2) is 8.96. The van der Waals surface area contributed by atoms with Crippen molar-refractivity contribution >= 4 is 23.2 Å². The molecule has 140 valence electrons. The monoisotopic (exact) mass is 383 g/mol. The summed E-state index contributed by atoms with van der Waals surface area (Å²) in [5.74, 6) is -0.966. The summed E-state index contributed by atoms with van der Waals surface area (Å²) in [6, 6.07) is 8.15. The maximum Gasteiger partial charge on any atom is 0.282 e. The van der Waals surface area contributed by atoms with Crippen molar-refractivity contribution in [2.75, 3.05) is 19.0 Å². The predicted molar refractivity (Wildman–Crippen MR) is 97.7 cm³/mol. The van der Waals surface area contributed by atoms with Crippen LogP contribution in [0.2, 0.25) is 5.02 Å². The molecule has 0 fully saturated rings. The van der Waals surface area contributed by atoms with Gasteiger partial charge in [-0.2, -0.15) is 0 Å². The summed E-state index contributed by atoms with van der Waals surface area (Å²) in [5.41, 5.74) is 1.12. The quantitative estimate of drug-likeness (QED) is 0.771. The fourth-order valence-electron chi connectivity index (χ4n) is 2.68. The van der Waals surface area contributed by atoms with E-state index in [4.69, 9.17) is 16.3 Å². The SMILES string of the molecule is CC[NH+](Cc1ccc(OC)c(F)c1)[C@@H](C)C(=O)Nc1ccc(F)cc1Cl. The van der Waals surface area contributed by atoms with Gasteiger partial charge in [-0.05, 0) is 50.2 Å². The van der Waals surface area contributed by atoms with Crippen molar-refractivity contribution in [2.45, 2.75) is 26.4 Å². The molecule has 2 aromatic rings. The first-order valence-corrected chi connectivity index (χ1v) is 8.66. The molecule has 0 bridgehead atoms. The third-order valence-corrected chi connectivity index (χ3v) is 4.61. The summed E-state index contributed by atoms with van der Waals surface area (Å²) in [6.07, 6.45) is 0. The number of carbonyl (C=O) groups excluding carboxylic acids is 1. The van der Waals surface area contributed by atoms with E-state index in [1.807, 2.05) is 6.92 Å². The second-order valence-electron chi connectivity index (χ2n) is 5.99. The average molecular weight is 384 g/mol. The Hall–Kier alpha value is -2.18. The van der Waals surface area contributed by atoms with Crippen LogP contribution in [0.3, 0.4) is 0 Å². The molecule has 2 atom stereocenters. The lowest BCUT2D eigenvalue weighted by atomic mass is 10.1. The van der Waals surface area contributed by atoms with Crippen LogP contribution in [-0.2, 0) is 11.3 Å². The van der Waals surface area contributed by atoms with Gasteiger partial charge in [-0.1, -0.05) is 11.6 Å². The highest BCUT2D eigenvalue weighted by Crippen LogP contribution is 2.22. The number of rotatable bonds is 7. The zero-order chi connectivity index (χ0) is 19.3. The number of benzene rings is 2. The van der Waals surface area contributed by atoms with E-state index in [-0.39, 0.29) is 16.7 Å². The fraction of sp³-hybridized carbons (Fsp3) is 0.316. The van der Waals surface area contributed by atoms with E-state index in [1.165, 1.54) is 25.3 Å². The molecule has 0 aliphatic carbocycles. The summed E-state index contributed by atoms with van der Waals surface area (Å²) in [4.78, 5) is 13.5. The summed E-state index contributed by atoms with van der Waals surface area (Å²) < 4.78 is 31.9. The Kier molecular flexibility index (Phi) is 6.94. The number of carbonyl (C=O) groups is 1. The van der Waals surface area contributed by atoms with Crippen molar-refractivity contribution in [3.8, 4) is 5.75 Å². The molecule has 7 heteroatoms. The van der Waals surface area contributed by atoms with E-state index < -0.39 is 17.7 Å². The maximum absolute atomic E-state index is 13.9. The number of anilines is 1. The molecule has 0 spiro atoms. The molecule has 1 amide bonds. The molecule has 0 saturated carbocycles. The number of nitrogens with one attached hydrogen (secondary N) is 2. The van der Waals surface area contributed by atoms with Crippen LogP contribution in [-0.4, -0.2) is 25.6 Å². The summed E-state index contributed by atoms with van der Waals surface area (Å²) >= 11 is 5.95. The van der Waals surface area contributed by atoms with Gasteiger partial charge in [-0.3, -0.25) is 4.79 Å². The van der Waals surface area contributed by atoms with Crippen molar-refractivity contribution < 1.29 is 23.2 Å². The minimum Gasteiger partial charge on any atom is -0.494 e. The van der Waals surface area contributed by atoms with Crippen molar-refractivity contribution in [1.82, 2.24) is 0 Å². The number of ether oxygens (including phenoxy) is 1. The van der Waals surface area contributed by atoms with Crippen LogP contribution in [0.15, 0.2) is 36.4 Å². The number of hydrogen-bond acceptors (Lipinski definition) is 2. The Morgan fingerprint density at radius 2 is 2.00 bits per heavy atom. The maximum atomic E-state index is 13.9. The van der Waals surface area contributed by atoms with E-state index >= 15 is 0 Å². The van der Waals surface area contributed by atoms with Crippen LogP contribution >= 0.6 is 11.6 Å². The Labute approximate surface area is 156 Å². The normalized spacial score (nSPS) is 13.2. The molecule has 0 aromatic heterocycles. The lowest BCUT2D eigenvalue weighted by Gasteiger charge is -2.24. The zero-order valence-corrected chi connectivity index (χ0v) is 15.7. The lowest BCUT2D eigenvalue weighted by Crippen LogP contribution is -3.15. The van der Waals surface area contributed by atoms with Crippen LogP contribution in [0.1, 0.15) is 19.4 Å². The van der Waals surface area contributed by atoms with E-state index in [0.29, 0.717) is 18.8 Å². The van der Waals surface area contributed by atoms with Crippen molar-refractivity contribution in [3.05, 3.63) is 58.6 Å². The zero-order valence-electron chi connectivity index (χ0n) is 14.9. The molecule has 4 nitrogen and oxygen atoms in total. The first kappa shape index (κ1) is 20.1. The number of quaternary nitrogens is 1. The summed E-state index contributed by atoms with van der Waals surface area (Å²) in [7, 11) is 1.41. The van der Waals surface area contributed by atoms with Gasteiger partial charge in [-0.15, -0.1) is 0 Å². The van der Waals surface area contributed by atoms with Gasteiger partial charge >= 0.3 is 0 Å². The van der Waals surface area contributed by atoms with E-state index in [9.17, 15) is 13.6 Å². The standard InChI is InChI=1S/C19H21ClF2N2O2/c1-4-24(11-13-5-8-18(26-3)16(22)9-13)12(2)19(25)23-17-7-6-14(21)10-15(17)20/h5-10,12H,4,11H2,1-3H3,(H,23,25)/p+1/t12-/m0/s1. The molecule has 1 unspecified atom stereocenters. The highest BCUT2D eigenvalue weighted by atomic mass is 35.5. The van der Waals surface area contributed by atoms with Gasteiger partial charge in [0.1, 0.15) is 12.4 Å². The molecule has 0 saturated heterocycles.